The number of hydrogen-bond acceptors (Lipinski definition) is 6. The molecule has 3 aromatic rings. The van der Waals surface area contributed by atoms with Gasteiger partial charge >= 0.3 is 5.97 Å². The number of anilines is 2. The van der Waals surface area contributed by atoms with Crippen LogP contribution in [-0.4, -0.2) is 36.1 Å². The average molecular weight is 393 g/mol. The maximum Gasteiger partial charge on any atom is 0.311 e. The van der Waals surface area contributed by atoms with Crippen LogP contribution in [0.4, 0.5) is 11.5 Å². The highest BCUT2D eigenvalue weighted by Gasteiger charge is 2.36. The molecule has 148 valence electrons. The lowest BCUT2D eigenvalue weighted by Gasteiger charge is -2.18. The van der Waals surface area contributed by atoms with Crippen LogP contribution in [0.3, 0.4) is 0 Å². The monoisotopic (exact) mass is 393 g/mol. The minimum atomic E-state index is -0.622. The summed E-state index contributed by atoms with van der Waals surface area (Å²) in [7, 11) is 0. The number of ether oxygens (including phenoxy) is 1. The molecular weight excluding hydrogens is 374 g/mol. The summed E-state index contributed by atoms with van der Waals surface area (Å²) in [6, 6.07) is 15.0. The van der Waals surface area contributed by atoms with Gasteiger partial charge in [-0.25, -0.2) is 0 Å². The Kier molecular flexibility index (Phi) is 4.99. The van der Waals surface area contributed by atoms with E-state index in [-0.39, 0.29) is 24.7 Å². The van der Waals surface area contributed by atoms with Gasteiger partial charge in [-0.2, -0.15) is 0 Å². The van der Waals surface area contributed by atoms with Crippen molar-refractivity contribution in [3.8, 4) is 0 Å². The smallest absolute Gasteiger partial charge is 0.311 e. The molecule has 2 heterocycles. The first-order chi connectivity index (χ1) is 14.0. The van der Waals surface area contributed by atoms with E-state index in [2.05, 4.69) is 10.5 Å². The highest BCUT2D eigenvalue weighted by Crippen LogP contribution is 2.32. The van der Waals surface area contributed by atoms with Gasteiger partial charge in [0, 0.05) is 24.4 Å². The number of carbonyl (C=O) groups is 3. The van der Waals surface area contributed by atoms with Crippen LogP contribution in [0.1, 0.15) is 12.2 Å². The summed E-state index contributed by atoms with van der Waals surface area (Å²) in [5.41, 5.74) is 0.766. The second-order valence-electron chi connectivity index (χ2n) is 6.88. The molecule has 1 atom stereocenters. The fraction of sp³-hybridized carbons (Fsp3) is 0.238. The maximum absolute atomic E-state index is 12.5. The summed E-state index contributed by atoms with van der Waals surface area (Å²) >= 11 is 0. The molecule has 29 heavy (non-hydrogen) atoms. The Bertz CT molecular complexity index is 1090. The Balaban J connectivity index is 1.38. The van der Waals surface area contributed by atoms with E-state index in [0.29, 0.717) is 5.76 Å². The molecule has 4 rings (SSSR count). The zero-order chi connectivity index (χ0) is 20.4. The fourth-order valence-electron chi connectivity index (χ4n) is 3.40. The van der Waals surface area contributed by atoms with Gasteiger partial charge in [0.1, 0.15) is 5.76 Å². The molecule has 1 N–H and O–H groups in total. The second kappa shape index (κ2) is 7.75. The summed E-state index contributed by atoms with van der Waals surface area (Å²) in [4.78, 5) is 38.4. The van der Waals surface area contributed by atoms with Gasteiger partial charge in [0.2, 0.25) is 5.91 Å². The molecule has 0 radical (unpaired) electrons. The lowest BCUT2D eigenvalue weighted by atomic mass is 10.1. The molecule has 8 nitrogen and oxygen atoms in total. The minimum absolute atomic E-state index is 0.0478. The Morgan fingerprint density at radius 3 is 2.83 bits per heavy atom. The van der Waals surface area contributed by atoms with Crippen molar-refractivity contribution in [2.24, 2.45) is 5.92 Å². The number of amides is 2. The van der Waals surface area contributed by atoms with E-state index in [0.717, 1.165) is 16.5 Å². The Morgan fingerprint density at radius 2 is 2.03 bits per heavy atom. The highest BCUT2D eigenvalue weighted by molar-refractivity contribution is 6.06. The SMILES string of the molecule is Cc1cc(NC(=O)COC(=O)[C@H]2CC(=O)N(c3cccc4ccccc34)C2)no1. The Hall–Kier alpha value is -3.68. The first kappa shape index (κ1) is 18.7. The molecule has 0 saturated carbocycles. The van der Waals surface area contributed by atoms with E-state index < -0.39 is 24.4 Å². The molecule has 0 bridgehead atoms. The van der Waals surface area contributed by atoms with Crippen molar-refractivity contribution in [3.63, 3.8) is 0 Å². The number of nitrogens with zero attached hydrogens (tertiary/aromatic N) is 2. The van der Waals surface area contributed by atoms with Crippen molar-refractivity contribution in [2.75, 3.05) is 23.4 Å². The third kappa shape index (κ3) is 3.96. The summed E-state index contributed by atoms with van der Waals surface area (Å²) in [6.45, 7) is 1.46. The number of fused-ring (bicyclic) bond motifs is 1. The van der Waals surface area contributed by atoms with E-state index in [1.54, 1.807) is 17.9 Å². The van der Waals surface area contributed by atoms with Gasteiger partial charge in [0.15, 0.2) is 12.4 Å². The molecule has 1 saturated heterocycles. The van der Waals surface area contributed by atoms with Gasteiger partial charge in [-0.05, 0) is 18.4 Å². The van der Waals surface area contributed by atoms with Crippen LogP contribution in [0.5, 0.6) is 0 Å². The number of esters is 1. The molecule has 2 aromatic carbocycles. The van der Waals surface area contributed by atoms with E-state index in [9.17, 15) is 14.4 Å². The highest BCUT2D eigenvalue weighted by atomic mass is 16.5. The number of carbonyl (C=O) groups excluding carboxylic acids is 3. The maximum atomic E-state index is 12.5. The van der Waals surface area contributed by atoms with Gasteiger partial charge in [-0.1, -0.05) is 41.6 Å². The van der Waals surface area contributed by atoms with Crippen molar-refractivity contribution in [1.82, 2.24) is 5.16 Å². The summed E-state index contributed by atoms with van der Waals surface area (Å²) in [5, 5.41) is 8.08. The van der Waals surface area contributed by atoms with Gasteiger partial charge in [0.25, 0.3) is 5.91 Å². The van der Waals surface area contributed by atoms with Crippen LogP contribution in [0.25, 0.3) is 10.8 Å². The van der Waals surface area contributed by atoms with Crippen LogP contribution >= 0.6 is 0 Å². The zero-order valence-corrected chi connectivity index (χ0v) is 15.8. The number of aromatic nitrogens is 1. The quantitative estimate of drug-likeness (QED) is 0.669. The first-order valence-electron chi connectivity index (χ1n) is 9.19. The van der Waals surface area contributed by atoms with Crippen LogP contribution in [0.15, 0.2) is 53.1 Å². The standard InChI is InChI=1S/C21H19N3O5/c1-13-9-18(23-29-13)22-19(25)12-28-21(27)15-10-20(26)24(11-15)17-8-4-6-14-5-2-3-7-16(14)17/h2-9,15H,10-12H2,1H3,(H,22,23,25)/t15-/m0/s1. The number of aryl methyl sites for hydroxylation is 1. The molecule has 1 aromatic heterocycles. The number of rotatable bonds is 5. The molecule has 2 amide bonds. The van der Waals surface area contributed by atoms with E-state index in [4.69, 9.17) is 9.26 Å². The second-order valence-corrected chi connectivity index (χ2v) is 6.88. The van der Waals surface area contributed by atoms with Crippen LogP contribution in [0, 0.1) is 12.8 Å². The lowest BCUT2D eigenvalue weighted by molar-refractivity contribution is -0.151. The van der Waals surface area contributed by atoms with Gasteiger partial charge in [-0.3, -0.25) is 14.4 Å². The van der Waals surface area contributed by atoms with Crippen molar-refractivity contribution >= 4 is 40.1 Å². The molecular formula is C21H19N3O5. The summed E-state index contributed by atoms with van der Waals surface area (Å²) in [5.74, 6) is -1.07. The topological polar surface area (TPSA) is 102 Å². The average Bonchev–Trinajstić information content (AvgIpc) is 3.31. The first-order valence-corrected chi connectivity index (χ1v) is 9.19. The molecule has 8 heteroatoms. The van der Waals surface area contributed by atoms with Crippen molar-refractivity contribution in [2.45, 2.75) is 13.3 Å². The Morgan fingerprint density at radius 1 is 1.24 bits per heavy atom. The minimum Gasteiger partial charge on any atom is -0.455 e. The molecule has 0 unspecified atom stereocenters. The van der Waals surface area contributed by atoms with Crippen LogP contribution < -0.4 is 10.2 Å². The van der Waals surface area contributed by atoms with E-state index >= 15 is 0 Å². The van der Waals surface area contributed by atoms with Crippen molar-refractivity contribution in [1.29, 1.82) is 0 Å². The normalized spacial score (nSPS) is 16.2. The zero-order valence-electron chi connectivity index (χ0n) is 15.8. The largest absolute Gasteiger partial charge is 0.455 e. The van der Waals surface area contributed by atoms with Crippen molar-refractivity contribution in [3.05, 3.63) is 54.3 Å². The summed E-state index contributed by atoms with van der Waals surface area (Å²) in [6.07, 6.45) is 0.0478. The number of nitrogens with one attached hydrogen (secondary N) is 1. The van der Waals surface area contributed by atoms with Gasteiger partial charge in [-0.15, -0.1) is 0 Å². The van der Waals surface area contributed by atoms with Gasteiger partial charge < -0.3 is 19.5 Å². The molecule has 0 spiro atoms. The van der Waals surface area contributed by atoms with Crippen LogP contribution in [0.2, 0.25) is 0 Å². The molecule has 1 aliphatic rings. The molecule has 0 aliphatic carbocycles. The number of hydrogen-bond donors (Lipinski definition) is 1. The van der Waals surface area contributed by atoms with Crippen molar-refractivity contribution < 1.29 is 23.6 Å². The van der Waals surface area contributed by atoms with Gasteiger partial charge in [0.05, 0.1) is 11.6 Å². The summed E-state index contributed by atoms with van der Waals surface area (Å²) < 4.78 is 9.95. The van der Waals surface area contributed by atoms with E-state index in [1.807, 2.05) is 42.5 Å². The third-order valence-electron chi connectivity index (χ3n) is 4.76. The molecule has 1 aliphatic heterocycles. The van der Waals surface area contributed by atoms with E-state index in [1.165, 1.54) is 0 Å². The predicted molar refractivity (Wildman–Crippen MR) is 105 cm³/mol. The Labute approximate surface area is 166 Å². The number of benzene rings is 2. The predicted octanol–water partition coefficient (Wildman–Crippen LogP) is 2.67. The third-order valence-corrected chi connectivity index (χ3v) is 4.76. The lowest BCUT2D eigenvalue weighted by Crippen LogP contribution is -2.28. The fourth-order valence-corrected chi connectivity index (χ4v) is 3.40. The van der Waals surface area contributed by atoms with Crippen LogP contribution in [-0.2, 0) is 19.1 Å². The molecule has 1 fully saturated rings.